The molecular weight excluding hydrogens is 320 g/mol. The molecule has 0 spiro atoms. The van der Waals surface area contributed by atoms with E-state index in [2.05, 4.69) is 0 Å². The fourth-order valence-electron chi connectivity index (χ4n) is 2.26. The maximum Gasteiger partial charge on any atom is 0.265 e. The van der Waals surface area contributed by atoms with Gasteiger partial charge in [0.25, 0.3) is 6.43 Å². The molecule has 1 aromatic carbocycles. The molecule has 0 bridgehead atoms. The second-order valence-corrected chi connectivity index (χ2v) is 6.25. The number of carbonyl (C=O) groups excluding carboxylic acids is 1. The number of benzene rings is 1. The van der Waals surface area contributed by atoms with E-state index in [1.807, 2.05) is 0 Å². The van der Waals surface area contributed by atoms with Crippen molar-refractivity contribution < 1.29 is 18.7 Å². The maximum atomic E-state index is 12.6. The van der Waals surface area contributed by atoms with Crippen LogP contribution < -0.4 is 0 Å². The minimum Gasteiger partial charge on any atom is -0.395 e. The second-order valence-electron chi connectivity index (χ2n) is 4.45. The van der Waals surface area contributed by atoms with Crippen molar-refractivity contribution in [2.45, 2.75) is 16.7 Å². The third kappa shape index (κ3) is 2.05. The quantitative estimate of drug-likeness (QED) is 0.675. The van der Waals surface area contributed by atoms with Crippen LogP contribution in [0.2, 0.25) is 5.02 Å². The van der Waals surface area contributed by atoms with Crippen molar-refractivity contribution >= 4 is 41.1 Å². The number of carbonyl (C=O) groups is 1. The van der Waals surface area contributed by atoms with Gasteiger partial charge in [-0.3, -0.25) is 0 Å². The lowest BCUT2D eigenvalue weighted by molar-refractivity contribution is -0.113. The fourth-order valence-corrected chi connectivity index (χ4v) is 3.49. The van der Waals surface area contributed by atoms with E-state index in [4.69, 9.17) is 34.8 Å². The van der Waals surface area contributed by atoms with Crippen LogP contribution >= 0.6 is 34.8 Å². The van der Waals surface area contributed by atoms with Crippen molar-refractivity contribution in [1.82, 2.24) is 0 Å². The highest BCUT2D eigenvalue weighted by Crippen LogP contribution is 2.72. The molecule has 19 heavy (non-hydrogen) atoms. The van der Waals surface area contributed by atoms with Crippen LogP contribution in [0.25, 0.3) is 0 Å². The Labute approximate surface area is 123 Å². The van der Waals surface area contributed by atoms with Gasteiger partial charge in [0.2, 0.25) is 0 Å². The van der Waals surface area contributed by atoms with E-state index in [-0.39, 0.29) is 10.6 Å². The first-order chi connectivity index (χ1) is 8.81. The molecule has 1 N–H and O–H groups in total. The molecule has 2 rings (SSSR count). The lowest BCUT2D eigenvalue weighted by Crippen LogP contribution is -2.16. The zero-order valence-corrected chi connectivity index (χ0v) is 11.7. The number of aliphatic hydroxyl groups excluding tert-OH is 1. The Bertz CT molecular complexity index is 522. The lowest BCUT2D eigenvalue weighted by Gasteiger charge is -2.07. The van der Waals surface area contributed by atoms with Crippen molar-refractivity contribution in [3.05, 3.63) is 34.3 Å². The van der Waals surface area contributed by atoms with E-state index < -0.39 is 28.7 Å². The molecule has 1 aromatic rings. The van der Waals surface area contributed by atoms with E-state index in [0.717, 1.165) is 6.07 Å². The van der Waals surface area contributed by atoms with Crippen molar-refractivity contribution in [3.63, 3.8) is 0 Å². The van der Waals surface area contributed by atoms with Gasteiger partial charge in [-0.2, -0.15) is 0 Å². The van der Waals surface area contributed by atoms with Crippen LogP contribution in [-0.2, 0) is 4.79 Å². The van der Waals surface area contributed by atoms with Gasteiger partial charge in [0, 0.05) is 16.5 Å². The summed E-state index contributed by atoms with van der Waals surface area (Å²) in [6.45, 7) is -0.525. The minimum atomic E-state index is -2.69. The van der Waals surface area contributed by atoms with Gasteiger partial charge in [-0.05, 0) is 11.6 Å². The predicted octanol–water partition coefficient (Wildman–Crippen LogP) is 3.73. The molecule has 0 aromatic heterocycles. The Kier molecular flexibility index (Phi) is 3.82. The lowest BCUT2D eigenvalue weighted by atomic mass is 10.0. The maximum absolute atomic E-state index is 12.6. The van der Waals surface area contributed by atoms with Crippen LogP contribution in [0.4, 0.5) is 8.78 Å². The molecule has 1 fully saturated rings. The van der Waals surface area contributed by atoms with Crippen molar-refractivity contribution in [2.24, 2.45) is 5.41 Å². The van der Waals surface area contributed by atoms with E-state index >= 15 is 0 Å². The van der Waals surface area contributed by atoms with Crippen LogP contribution in [0.5, 0.6) is 0 Å². The number of aldehydes is 1. The highest BCUT2D eigenvalue weighted by atomic mass is 35.5. The Balaban J connectivity index is 2.40. The molecule has 7 heteroatoms. The Hall–Kier alpha value is -0.420. The van der Waals surface area contributed by atoms with Crippen LogP contribution in [0.1, 0.15) is 23.5 Å². The third-order valence-corrected chi connectivity index (χ3v) is 4.95. The monoisotopic (exact) mass is 328 g/mol. The standard InChI is InChI=1S/C12H9Cl3F2O2/c13-8-3-6(1-2-7(8)10(16)17)9-11(4-18,5-19)12(9,14)15/h1-4,9-10,19H,5H2. The minimum absolute atomic E-state index is 0.124. The van der Waals surface area contributed by atoms with Crippen LogP contribution in [0.15, 0.2) is 18.2 Å². The summed E-state index contributed by atoms with van der Waals surface area (Å²) in [4.78, 5) is 11.1. The van der Waals surface area contributed by atoms with Crippen LogP contribution in [0.3, 0.4) is 0 Å². The first kappa shape index (κ1) is 15.0. The average molecular weight is 330 g/mol. The zero-order valence-electron chi connectivity index (χ0n) is 9.42. The molecule has 0 radical (unpaired) electrons. The van der Waals surface area contributed by atoms with Gasteiger partial charge in [-0.15, -0.1) is 0 Å². The first-order valence-electron chi connectivity index (χ1n) is 5.34. The van der Waals surface area contributed by atoms with E-state index in [1.54, 1.807) is 0 Å². The number of alkyl halides is 4. The largest absolute Gasteiger partial charge is 0.395 e. The van der Waals surface area contributed by atoms with Crippen molar-refractivity contribution in [1.29, 1.82) is 0 Å². The molecule has 2 atom stereocenters. The van der Waals surface area contributed by atoms with Crippen LogP contribution in [-0.4, -0.2) is 22.3 Å². The topological polar surface area (TPSA) is 37.3 Å². The summed E-state index contributed by atoms with van der Waals surface area (Å²) >= 11 is 17.8. The van der Waals surface area contributed by atoms with Crippen molar-refractivity contribution in [2.75, 3.05) is 6.61 Å². The van der Waals surface area contributed by atoms with E-state index in [0.29, 0.717) is 11.8 Å². The summed E-state index contributed by atoms with van der Waals surface area (Å²) in [7, 11) is 0. The summed E-state index contributed by atoms with van der Waals surface area (Å²) in [5, 5.41) is 9.16. The Morgan fingerprint density at radius 3 is 2.42 bits per heavy atom. The molecule has 1 aliphatic carbocycles. The van der Waals surface area contributed by atoms with Gasteiger partial charge < -0.3 is 9.90 Å². The molecule has 0 amide bonds. The molecule has 1 saturated carbocycles. The summed E-state index contributed by atoms with van der Waals surface area (Å²) in [5.41, 5.74) is -1.17. The number of halogens is 5. The smallest absolute Gasteiger partial charge is 0.265 e. The summed E-state index contributed by atoms with van der Waals surface area (Å²) in [6, 6.07) is 3.85. The summed E-state index contributed by atoms with van der Waals surface area (Å²) in [6.07, 6.45) is -2.20. The molecule has 0 heterocycles. The summed E-state index contributed by atoms with van der Waals surface area (Å²) in [5.74, 6) is -0.671. The van der Waals surface area contributed by atoms with E-state index in [9.17, 15) is 18.7 Å². The van der Waals surface area contributed by atoms with Gasteiger partial charge in [-0.25, -0.2) is 8.78 Å². The molecule has 2 unspecified atom stereocenters. The SMILES string of the molecule is O=CC1(CO)C(c2ccc(C(F)F)c(Cl)c2)C1(Cl)Cl. The van der Waals surface area contributed by atoms with Gasteiger partial charge in [0.15, 0.2) is 0 Å². The number of rotatable bonds is 4. The molecule has 2 nitrogen and oxygen atoms in total. The Morgan fingerprint density at radius 1 is 1.42 bits per heavy atom. The number of hydrogen-bond donors (Lipinski definition) is 1. The third-order valence-electron chi connectivity index (χ3n) is 3.48. The molecular formula is C12H9Cl3F2O2. The highest BCUT2D eigenvalue weighted by Gasteiger charge is 2.76. The number of aliphatic hydroxyl groups is 1. The van der Waals surface area contributed by atoms with E-state index in [1.165, 1.54) is 12.1 Å². The first-order valence-corrected chi connectivity index (χ1v) is 6.47. The predicted molar refractivity (Wildman–Crippen MR) is 69.2 cm³/mol. The highest BCUT2D eigenvalue weighted by molar-refractivity contribution is 6.54. The normalized spacial score (nSPS) is 28.5. The van der Waals surface area contributed by atoms with Crippen molar-refractivity contribution in [3.8, 4) is 0 Å². The number of hydrogen-bond acceptors (Lipinski definition) is 2. The van der Waals surface area contributed by atoms with Gasteiger partial charge in [0.1, 0.15) is 10.6 Å². The zero-order chi connectivity index (χ0) is 14.4. The Morgan fingerprint density at radius 2 is 2.05 bits per heavy atom. The summed E-state index contributed by atoms with van der Waals surface area (Å²) < 4.78 is 23.7. The fraction of sp³-hybridized carbons (Fsp3) is 0.417. The molecule has 0 aliphatic heterocycles. The molecule has 0 saturated heterocycles. The average Bonchev–Trinajstić information content (AvgIpc) is 2.85. The van der Waals surface area contributed by atoms with Gasteiger partial charge in [0.05, 0.1) is 12.0 Å². The second kappa shape index (κ2) is 4.85. The van der Waals surface area contributed by atoms with Gasteiger partial charge in [-0.1, -0.05) is 46.9 Å². The molecule has 104 valence electrons. The van der Waals surface area contributed by atoms with Crippen LogP contribution in [0, 0.1) is 5.41 Å². The molecule has 1 aliphatic rings. The van der Waals surface area contributed by atoms with Gasteiger partial charge >= 0.3 is 0 Å².